The van der Waals surface area contributed by atoms with Crippen molar-refractivity contribution in [1.29, 1.82) is 0 Å². The molecule has 0 spiro atoms. The van der Waals surface area contributed by atoms with Gasteiger partial charge in [-0.1, -0.05) is 0 Å². The van der Waals surface area contributed by atoms with Crippen LogP contribution in [0.5, 0.6) is 0 Å². The maximum absolute atomic E-state index is 13.4. The number of anilines is 1. The van der Waals surface area contributed by atoms with Gasteiger partial charge < -0.3 is 5.11 Å². The van der Waals surface area contributed by atoms with Gasteiger partial charge in [0.15, 0.2) is 0 Å². The van der Waals surface area contributed by atoms with E-state index in [2.05, 4.69) is 0 Å². The van der Waals surface area contributed by atoms with Gasteiger partial charge in [-0.05, 0) is 12.1 Å². The molecule has 1 unspecified atom stereocenters. The summed E-state index contributed by atoms with van der Waals surface area (Å²) in [6, 6.07) is 1.48. The maximum atomic E-state index is 13.4. The fraction of sp³-hybridized carbons (Fsp3) is 0.200. The smallest absolute Gasteiger partial charge is 0.333 e. The molecule has 1 fully saturated rings. The number of halogens is 2. The lowest BCUT2D eigenvalue weighted by molar-refractivity contribution is -0.128. The van der Waals surface area contributed by atoms with Crippen LogP contribution in [-0.4, -0.2) is 35.2 Å². The molecule has 2 rings (SSSR count). The molecule has 1 N–H and O–H groups in total. The fourth-order valence-corrected chi connectivity index (χ4v) is 1.52. The van der Waals surface area contributed by atoms with Crippen molar-refractivity contribution in [3.63, 3.8) is 0 Å². The van der Waals surface area contributed by atoms with Gasteiger partial charge in [-0.25, -0.2) is 18.5 Å². The molecule has 17 heavy (non-hydrogen) atoms. The molecule has 0 aliphatic carbocycles. The summed E-state index contributed by atoms with van der Waals surface area (Å²) < 4.78 is 26.4. The first kappa shape index (κ1) is 11.5. The molecule has 0 saturated carbocycles. The number of imide groups is 1. The van der Waals surface area contributed by atoms with Crippen LogP contribution in [0.3, 0.4) is 0 Å². The third-order valence-corrected chi connectivity index (χ3v) is 2.45. The molecule has 7 heteroatoms. The summed E-state index contributed by atoms with van der Waals surface area (Å²) in [5.41, 5.74) is -0.511. The van der Waals surface area contributed by atoms with Gasteiger partial charge >= 0.3 is 6.03 Å². The van der Waals surface area contributed by atoms with Crippen LogP contribution >= 0.6 is 0 Å². The van der Waals surface area contributed by atoms with Gasteiger partial charge in [-0.2, -0.15) is 0 Å². The largest absolute Gasteiger partial charge is 0.365 e. The van der Waals surface area contributed by atoms with E-state index >= 15 is 0 Å². The zero-order chi connectivity index (χ0) is 12.7. The molecule has 1 atom stereocenters. The highest BCUT2D eigenvalue weighted by atomic mass is 19.1. The highest BCUT2D eigenvalue weighted by Crippen LogP contribution is 2.26. The van der Waals surface area contributed by atoms with E-state index in [9.17, 15) is 23.5 Å². The van der Waals surface area contributed by atoms with E-state index in [0.29, 0.717) is 4.90 Å². The van der Waals surface area contributed by atoms with Crippen LogP contribution in [0, 0.1) is 11.6 Å². The Morgan fingerprint density at radius 3 is 2.47 bits per heavy atom. The Bertz CT molecular complexity index is 486. The molecule has 3 amide bonds. The number of hydrogen-bond donors (Lipinski definition) is 1. The lowest BCUT2D eigenvalue weighted by Crippen LogP contribution is -2.32. The molecule has 1 heterocycles. The van der Waals surface area contributed by atoms with Gasteiger partial charge in [0.05, 0.1) is 5.69 Å². The summed E-state index contributed by atoms with van der Waals surface area (Å²) in [5.74, 6) is -2.72. The monoisotopic (exact) mass is 242 g/mol. The number of carbonyl (C=O) groups is 2. The molecule has 1 aromatic rings. The Morgan fingerprint density at radius 2 is 1.94 bits per heavy atom. The fourth-order valence-electron chi connectivity index (χ4n) is 1.52. The van der Waals surface area contributed by atoms with Crippen molar-refractivity contribution in [2.75, 3.05) is 11.9 Å². The third kappa shape index (κ3) is 1.64. The Balaban J connectivity index is 2.50. The standard InChI is InChI=1S/C10H8F2N2O3/c1-13-8(15)9(16)14(10(13)17)7-4-5(11)2-3-6(7)12/h2-4,8,15H,1H3. The van der Waals surface area contributed by atoms with Gasteiger partial charge in [0.2, 0.25) is 6.23 Å². The molecule has 0 radical (unpaired) electrons. The number of rotatable bonds is 1. The molecule has 0 bridgehead atoms. The molecule has 0 aromatic heterocycles. The van der Waals surface area contributed by atoms with Crippen LogP contribution in [-0.2, 0) is 4.79 Å². The summed E-state index contributed by atoms with van der Waals surface area (Å²) in [7, 11) is 1.18. The van der Waals surface area contributed by atoms with E-state index in [1.165, 1.54) is 7.05 Å². The van der Waals surface area contributed by atoms with Crippen LogP contribution < -0.4 is 4.90 Å². The van der Waals surface area contributed by atoms with Crippen molar-refractivity contribution in [2.45, 2.75) is 6.23 Å². The summed E-state index contributed by atoms with van der Waals surface area (Å²) in [4.78, 5) is 24.2. The number of aliphatic hydroxyl groups is 1. The first-order valence-electron chi connectivity index (χ1n) is 4.67. The molecule has 90 valence electrons. The number of nitrogens with zero attached hydrogens (tertiary/aromatic N) is 2. The summed E-state index contributed by atoms with van der Waals surface area (Å²) >= 11 is 0. The number of carbonyl (C=O) groups excluding carboxylic acids is 2. The van der Waals surface area contributed by atoms with Crippen molar-refractivity contribution >= 4 is 17.6 Å². The lowest BCUT2D eigenvalue weighted by atomic mass is 10.2. The van der Waals surface area contributed by atoms with Crippen molar-refractivity contribution in [3.8, 4) is 0 Å². The van der Waals surface area contributed by atoms with E-state index in [-0.39, 0.29) is 0 Å². The summed E-state index contributed by atoms with van der Waals surface area (Å²) in [5, 5.41) is 9.33. The van der Waals surface area contributed by atoms with Gasteiger partial charge in [0, 0.05) is 13.1 Å². The Labute approximate surface area is 94.9 Å². The van der Waals surface area contributed by atoms with Crippen molar-refractivity contribution in [3.05, 3.63) is 29.8 Å². The Kier molecular flexibility index (Phi) is 2.55. The highest BCUT2D eigenvalue weighted by Gasteiger charge is 2.44. The lowest BCUT2D eigenvalue weighted by Gasteiger charge is -2.14. The molecule has 1 aliphatic rings. The number of aliphatic hydroxyl groups excluding tert-OH is 1. The SMILES string of the molecule is CN1C(=O)N(c2cc(F)ccc2F)C(=O)C1O. The minimum atomic E-state index is -1.68. The van der Waals surface area contributed by atoms with E-state index in [4.69, 9.17) is 0 Å². The summed E-state index contributed by atoms with van der Waals surface area (Å²) in [6.07, 6.45) is -1.68. The topological polar surface area (TPSA) is 60.9 Å². The summed E-state index contributed by atoms with van der Waals surface area (Å²) in [6.45, 7) is 0. The average molecular weight is 242 g/mol. The van der Waals surface area contributed by atoms with Crippen molar-refractivity contribution in [1.82, 2.24) is 4.90 Å². The van der Waals surface area contributed by atoms with E-state index in [0.717, 1.165) is 23.1 Å². The van der Waals surface area contributed by atoms with Crippen LogP contribution in [0.25, 0.3) is 0 Å². The van der Waals surface area contributed by atoms with Gasteiger partial charge in [-0.15, -0.1) is 0 Å². The molecule has 1 aromatic carbocycles. The van der Waals surface area contributed by atoms with E-state index in [1.807, 2.05) is 0 Å². The number of benzene rings is 1. The predicted octanol–water partition coefficient (Wildman–Crippen LogP) is 0.682. The van der Waals surface area contributed by atoms with E-state index < -0.39 is 35.5 Å². The second-order valence-corrected chi connectivity index (χ2v) is 3.54. The number of hydrogen-bond acceptors (Lipinski definition) is 3. The molecule has 5 nitrogen and oxygen atoms in total. The van der Waals surface area contributed by atoms with Crippen LogP contribution in [0.15, 0.2) is 18.2 Å². The molecular formula is C10H8F2N2O3. The number of urea groups is 1. The second-order valence-electron chi connectivity index (χ2n) is 3.54. The average Bonchev–Trinajstić information content (AvgIpc) is 2.48. The van der Waals surface area contributed by atoms with Crippen LogP contribution in [0.4, 0.5) is 19.3 Å². The Hall–Kier alpha value is -2.02. The van der Waals surface area contributed by atoms with E-state index in [1.54, 1.807) is 0 Å². The predicted molar refractivity (Wildman–Crippen MR) is 53.0 cm³/mol. The normalized spacial score (nSPS) is 20.4. The quantitative estimate of drug-likeness (QED) is 0.737. The zero-order valence-electron chi connectivity index (χ0n) is 8.72. The first-order chi connectivity index (χ1) is 7.93. The van der Waals surface area contributed by atoms with Crippen molar-refractivity contribution < 1.29 is 23.5 Å². The zero-order valence-corrected chi connectivity index (χ0v) is 8.72. The highest BCUT2D eigenvalue weighted by molar-refractivity contribution is 6.20. The van der Waals surface area contributed by atoms with Crippen LogP contribution in [0.1, 0.15) is 0 Å². The van der Waals surface area contributed by atoms with Crippen molar-refractivity contribution in [2.24, 2.45) is 0 Å². The van der Waals surface area contributed by atoms with Gasteiger partial charge in [0.1, 0.15) is 11.6 Å². The molecular weight excluding hydrogens is 234 g/mol. The minimum absolute atomic E-state index is 0.406. The molecule has 1 aliphatic heterocycles. The molecule has 1 saturated heterocycles. The Morgan fingerprint density at radius 1 is 1.29 bits per heavy atom. The number of amides is 3. The first-order valence-corrected chi connectivity index (χ1v) is 4.67. The number of likely N-dealkylation sites (N-methyl/N-ethyl adjacent to an activating group) is 1. The van der Waals surface area contributed by atoms with Gasteiger partial charge in [0.25, 0.3) is 5.91 Å². The third-order valence-electron chi connectivity index (χ3n) is 2.45. The second kappa shape index (κ2) is 3.77. The minimum Gasteiger partial charge on any atom is -0.365 e. The van der Waals surface area contributed by atoms with Crippen LogP contribution in [0.2, 0.25) is 0 Å². The maximum Gasteiger partial charge on any atom is 0.333 e. The van der Waals surface area contributed by atoms with Gasteiger partial charge in [-0.3, -0.25) is 9.69 Å².